The van der Waals surface area contributed by atoms with Gasteiger partial charge in [0, 0.05) is 37.0 Å². The molecule has 0 saturated heterocycles. The highest BCUT2D eigenvalue weighted by Gasteiger charge is 2.09. The Bertz CT molecular complexity index is 903. The van der Waals surface area contributed by atoms with Gasteiger partial charge in [-0.1, -0.05) is 18.5 Å². The maximum Gasteiger partial charge on any atom is 0.251 e. The highest BCUT2D eigenvalue weighted by atomic mass is 35.5. The fourth-order valence-electron chi connectivity index (χ4n) is 2.64. The van der Waals surface area contributed by atoms with E-state index in [9.17, 15) is 14.4 Å². The fourth-order valence-corrected chi connectivity index (χ4v) is 2.83. The first-order valence-corrected chi connectivity index (χ1v) is 10.3. The van der Waals surface area contributed by atoms with E-state index in [0.29, 0.717) is 47.2 Å². The number of ether oxygens (including phenoxy) is 1. The van der Waals surface area contributed by atoms with Gasteiger partial charge in [-0.25, -0.2) is 0 Å². The van der Waals surface area contributed by atoms with Gasteiger partial charge in [0.2, 0.25) is 11.8 Å². The summed E-state index contributed by atoms with van der Waals surface area (Å²) in [7, 11) is 1.56. The molecule has 0 atom stereocenters. The molecule has 0 heterocycles. The van der Waals surface area contributed by atoms with Gasteiger partial charge in [-0.2, -0.15) is 0 Å². The molecule has 0 aliphatic rings. The van der Waals surface area contributed by atoms with E-state index in [2.05, 4.69) is 21.3 Å². The molecule has 0 radical (unpaired) electrons. The van der Waals surface area contributed by atoms with Crippen molar-refractivity contribution in [3.8, 4) is 0 Å². The maximum atomic E-state index is 12.3. The van der Waals surface area contributed by atoms with Crippen molar-refractivity contribution in [1.82, 2.24) is 5.32 Å². The number of anilines is 3. The quantitative estimate of drug-likeness (QED) is 0.395. The summed E-state index contributed by atoms with van der Waals surface area (Å²) >= 11 is 6.18. The third-order valence-corrected chi connectivity index (χ3v) is 4.52. The first-order chi connectivity index (χ1) is 14.9. The highest BCUT2D eigenvalue weighted by Crippen LogP contribution is 2.25. The van der Waals surface area contributed by atoms with E-state index in [0.717, 1.165) is 6.42 Å². The summed E-state index contributed by atoms with van der Waals surface area (Å²) in [6, 6.07) is 11.6. The number of benzene rings is 2. The number of hydrogen-bond donors (Lipinski definition) is 4. The number of hydrogen-bond acceptors (Lipinski definition) is 5. The average Bonchev–Trinajstić information content (AvgIpc) is 2.75. The van der Waals surface area contributed by atoms with Gasteiger partial charge in [0.1, 0.15) is 0 Å². The molecule has 166 valence electrons. The van der Waals surface area contributed by atoms with Gasteiger partial charge in [-0.15, -0.1) is 0 Å². The minimum atomic E-state index is -0.284. The molecule has 0 spiro atoms. The largest absolute Gasteiger partial charge is 0.383 e. The molecule has 9 heteroatoms. The molecule has 2 aromatic rings. The summed E-state index contributed by atoms with van der Waals surface area (Å²) in [5.74, 6) is -0.574. The first-order valence-electron chi connectivity index (χ1n) is 9.93. The Morgan fingerprint density at radius 3 is 2.32 bits per heavy atom. The van der Waals surface area contributed by atoms with E-state index in [1.54, 1.807) is 49.6 Å². The smallest absolute Gasteiger partial charge is 0.251 e. The number of nitrogens with one attached hydrogen (secondary N) is 4. The number of carbonyl (C=O) groups excluding carboxylic acids is 3. The van der Waals surface area contributed by atoms with E-state index < -0.39 is 0 Å². The van der Waals surface area contributed by atoms with Crippen LogP contribution in [0.25, 0.3) is 0 Å². The lowest BCUT2D eigenvalue weighted by atomic mass is 10.2. The lowest BCUT2D eigenvalue weighted by Crippen LogP contribution is -2.27. The number of halogens is 1. The normalized spacial score (nSPS) is 10.3. The van der Waals surface area contributed by atoms with Crippen molar-refractivity contribution >= 4 is 46.4 Å². The molecule has 0 aromatic heterocycles. The number of carbonyl (C=O) groups is 3. The van der Waals surface area contributed by atoms with Gasteiger partial charge in [-0.3, -0.25) is 14.4 Å². The van der Waals surface area contributed by atoms with Crippen LogP contribution in [0.15, 0.2) is 42.5 Å². The zero-order valence-corrected chi connectivity index (χ0v) is 18.3. The fraction of sp³-hybridized carbons (Fsp3) is 0.318. The number of amides is 3. The van der Waals surface area contributed by atoms with Gasteiger partial charge < -0.3 is 26.0 Å². The van der Waals surface area contributed by atoms with E-state index in [-0.39, 0.29) is 24.3 Å². The molecule has 2 aromatic carbocycles. The second kappa shape index (κ2) is 12.6. The van der Waals surface area contributed by atoms with Crippen molar-refractivity contribution in [2.24, 2.45) is 0 Å². The van der Waals surface area contributed by atoms with Gasteiger partial charge >= 0.3 is 0 Å². The van der Waals surface area contributed by atoms with Crippen LogP contribution < -0.4 is 21.3 Å². The molecule has 31 heavy (non-hydrogen) atoms. The van der Waals surface area contributed by atoms with Crippen LogP contribution in [0.3, 0.4) is 0 Å². The van der Waals surface area contributed by atoms with Crippen molar-refractivity contribution in [2.75, 3.05) is 42.8 Å². The second-order valence-corrected chi connectivity index (χ2v) is 7.13. The van der Waals surface area contributed by atoms with Crippen molar-refractivity contribution < 1.29 is 19.1 Å². The predicted octanol–water partition coefficient (Wildman–Crippen LogP) is 3.51. The van der Waals surface area contributed by atoms with Gasteiger partial charge in [0.15, 0.2) is 0 Å². The topological polar surface area (TPSA) is 109 Å². The van der Waals surface area contributed by atoms with E-state index >= 15 is 0 Å². The van der Waals surface area contributed by atoms with Crippen LogP contribution >= 0.6 is 11.6 Å². The maximum absolute atomic E-state index is 12.3. The van der Waals surface area contributed by atoms with Crippen LogP contribution in [0.1, 0.15) is 30.1 Å². The summed E-state index contributed by atoms with van der Waals surface area (Å²) in [6.45, 7) is 2.76. The van der Waals surface area contributed by atoms with Crippen molar-refractivity contribution in [1.29, 1.82) is 0 Å². The Labute approximate surface area is 186 Å². The minimum absolute atomic E-state index is 0.0225. The Kier molecular flexibility index (Phi) is 9.80. The summed E-state index contributed by atoms with van der Waals surface area (Å²) in [6.07, 6.45) is 1.19. The van der Waals surface area contributed by atoms with Crippen LogP contribution in [-0.2, 0) is 14.3 Å². The molecular weight excluding hydrogens is 420 g/mol. The first kappa shape index (κ1) is 24.2. The summed E-state index contributed by atoms with van der Waals surface area (Å²) < 4.78 is 4.89. The van der Waals surface area contributed by atoms with Crippen LogP contribution in [0.4, 0.5) is 17.1 Å². The Morgan fingerprint density at radius 2 is 1.65 bits per heavy atom. The predicted molar refractivity (Wildman–Crippen MR) is 123 cm³/mol. The van der Waals surface area contributed by atoms with Crippen LogP contribution in [-0.4, -0.2) is 44.5 Å². The van der Waals surface area contributed by atoms with Gasteiger partial charge in [0.25, 0.3) is 5.91 Å². The number of methoxy groups -OCH3 is 1. The lowest BCUT2D eigenvalue weighted by molar-refractivity contribution is -0.116. The molecule has 0 aliphatic carbocycles. The van der Waals surface area contributed by atoms with Crippen LogP contribution in [0, 0.1) is 0 Å². The van der Waals surface area contributed by atoms with E-state index in [1.165, 1.54) is 0 Å². The van der Waals surface area contributed by atoms with Gasteiger partial charge in [0.05, 0.1) is 23.9 Å². The third kappa shape index (κ3) is 8.27. The average molecular weight is 447 g/mol. The lowest BCUT2D eigenvalue weighted by Gasteiger charge is -2.12. The molecule has 2 rings (SSSR count). The summed E-state index contributed by atoms with van der Waals surface area (Å²) in [5, 5.41) is 11.7. The highest BCUT2D eigenvalue weighted by molar-refractivity contribution is 6.33. The Hall–Kier alpha value is -3.10. The molecular formula is C22H27ClN4O4. The third-order valence-electron chi connectivity index (χ3n) is 4.19. The Morgan fingerprint density at radius 1 is 0.968 bits per heavy atom. The molecule has 3 amide bonds. The Balaban J connectivity index is 1.87. The molecule has 0 fully saturated rings. The molecule has 0 unspecified atom stereocenters. The van der Waals surface area contributed by atoms with E-state index in [4.69, 9.17) is 16.3 Å². The summed E-state index contributed by atoms with van der Waals surface area (Å²) in [4.78, 5) is 36.0. The zero-order valence-electron chi connectivity index (χ0n) is 17.6. The van der Waals surface area contributed by atoms with Gasteiger partial charge in [-0.05, 0) is 48.9 Å². The standard InChI is InChI=1S/C22H27ClN4O4/c1-3-4-20(28)27-17-9-10-18(23)19(13-17)25-14-21(29)26-16-7-5-15(6-8-16)22(30)24-11-12-31-2/h5-10,13,25H,3-4,11-12,14H2,1-2H3,(H,24,30)(H,26,29)(H,27,28). The molecule has 0 saturated carbocycles. The molecule has 8 nitrogen and oxygen atoms in total. The summed E-state index contributed by atoms with van der Waals surface area (Å²) in [5.41, 5.74) is 2.19. The minimum Gasteiger partial charge on any atom is -0.383 e. The zero-order chi connectivity index (χ0) is 22.6. The molecule has 0 aliphatic heterocycles. The monoisotopic (exact) mass is 446 g/mol. The molecule has 4 N–H and O–H groups in total. The second-order valence-electron chi connectivity index (χ2n) is 6.72. The number of rotatable bonds is 11. The SMILES string of the molecule is CCCC(=O)Nc1ccc(Cl)c(NCC(=O)Nc2ccc(C(=O)NCCOC)cc2)c1. The van der Waals surface area contributed by atoms with Crippen LogP contribution in [0.5, 0.6) is 0 Å². The van der Waals surface area contributed by atoms with Crippen molar-refractivity contribution in [3.05, 3.63) is 53.1 Å². The van der Waals surface area contributed by atoms with Crippen molar-refractivity contribution in [2.45, 2.75) is 19.8 Å². The van der Waals surface area contributed by atoms with E-state index in [1.807, 2.05) is 6.92 Å². The van der Waals surface area contributed by atoms with Crippen LogP contribution in [0.2, 0.25) is 5.02 Å². The van der Waals surface area contributed by atoms with Crippen molar-refractivity contribution in [3.63, 3.8) is 0 Å². The molecule has 0 bridgehead atoms.